The van der Waals surface area contributed by atoms with Crippen LogP contribution in [0.1, 0.15) is 6.92 Å². The molecule has 2 aliphatic heterocycles. The highest BCUT2D eigenvalue weighted by Gasteiger charge is 2.33. The highest BCUT2D eigenvalue weighted by Crippen LogP contribution is 2.09. The van der Waals surface area contributed by atoms with Gasteiger partial charge in [0.05, 0.1) is 6.54 Å². The largest absolute Gasteiger partial charge is 0.385 e. The lowest BCUT2D eigenvalue weighted by atomic mass is 10.1. The van der Waals surface area contributed by atoms with Crippen molar-refractivity contribution in [2.24, 2.45) is 20.7 Å². The van der Waals surface area contributed by atoms with E-state index >= 15 is 0 Å². The molecule has 17 heavy (non-hydrogen) atoms. The molecule has 0 aliphatic carbocycles. The Morgan fingerprint density at radius 1 is 1.65 bits per heavy atom. The van der Waals surface area contributed by atoms with E-state index in [0.29, 0.717) is 0 Å². The van der Waals surface area contributed by atoms with Gasteiger partial charge in [0.15, 0.2) is 11.9 Å². The summed E-state index contributed by atoms with van der Waals surface area (Å²) in [5.74, 6) is -0.867. The van der Waals surface area contributed by atoms with Crippen LogP contribution in [0.2, 0.25) is 0 Å². The molecule has 2 rings (SSSR count). The number of nitrogens with zero attached hydrogens (tertiary/aromatic N) is 3. The SMILES string of the molecule is CC(O)C(=O)C1=NC2C(=O)NC(N)=NC2=NC1. The zero-order valence-electron chi connectivity index (χ0n) is 9.04. The summed E-state index contributed by atoms with van der Waals surface area (Å²) in [6.07, 6.45) is -1.16. The molecule has 0 aromatic carbocycles. The molecule has 0 fully saturated rings. The molecule has 0 aromatic rings. The molecule has 0 saturated heterocycles. The van der Waals surface area contributed by atoms with Crippen LogP contribution < -0.4 is 11.1 Å². The molecule has 2 aliphatic rings. The fraction of sp³-hybridized carbons (Fsp3) is 0.444. The van der Waals surface area contributed by atoms with E-state index in [9.17, 15) is 9.59 Å². The molecular weight excluding hydrogens is 226 g/mol. The van der Waals surface area contributed by atoms with E-state index < -0.39 is 23.8 Å². The maximum Gasteiger partial charge on any atom is 0.259 e. The van der Waals surface area contributed by atoms with E-state index in [1.807, 2.05) is 0 Å². The van der Waals surface area contributed by atoms with Gasteiger partial charge >= 0.3 is 0 Å². The molecule has 0 radical (unpaired) electrons. The van der Waals surface area contributed by atoms with Gasteiger partial charge in [0, 0.05) is 0 Å². The van der Waals surface area contributed by atoms with Gasteiger partial charge in [-0.3, -0.25) is 24.9 Å². The van der Waals surface area contributed by atoms with E-state index in [0.717, 1.165) is 0 Å². The van der Waals surface area contributed by atoms with Gasteiger partial charge in [-0.1, -0.05) is 0 Å². The maximum absolute atomic E-state index is 11.5. The Morgan fingerprint density at radius 3 is 3.00 bits per heavy atom. The number of hydrogen-bond acceptors (Lipinski definition) is 7. The van der Waals surface area contributed by atoms with Gasteiger partial charge in [-0.2, -0.15) is 4.99 Å². The Morgan fingerprint density at radius 2 is 2.35 bits per heavy atom. The number of nitrogens with two attached hydrogens (primary N) is 1. The first-order valence-corrected chi connectivity index (χ1v) is 4.97. The van der Waals surface area contributed by atoms with Crippen molar-refractivity contribution in [1.82, 2.24) is 5.32 Å². The van der Waals surface area contributed by atoms with Crippen LogP contribution in [0, 0.1) is 0 Å². The number of guanidine groups is 1. The number of ketones is 1. The highest BCUT2D eigenvalue weighted by molar-refractivity contribution is 6.43. The molecule has 2 heterocycles. The first kappa shape index (κ1) is 11.4. The number of amidine groups is 1. The Kier molecular flexibility index (Phi) is 2.72. The molecule has 0 spiro atoms. The van der Waals surface area contributed by atoms with Crippen LogP contribution >= 0.6 is 0 Å². The highest BCUT2D eigenvalue weighted by atomic mass is 16.3. The Balaban J connectivity index is 2.29. The summed E-state index contributed by atoms with van der Waals surface area (Å²) in [4.78, 5) is 34.8. The van der Waals surface area contributed by atoms with Gasteiger partial charge in [-0.15, -0.1) is 0 Å². The molecule has 90 valence electrons. The third-order valence-electron chi connectivity index (χ3n) is 2.32. The van der Waals surface area contributed by atoms with Gasteiger partial charge in [-0.25, -0.2) is 0 Å². The fourth-order valence-corrected chi connectivity index (χ4v) is 1.50. The lowest BCUT2D eigenvalue weighted by Gasteiger charge is -2.22. The molecule has 2 atom stereocenters. The number of rotatable bonds is 2. The first-order chi connectivity index (χ1) is 7.99. The van der Waals surface area contributed by atoms with E-state index in [2.05, 4.69) is 20.3 Å². The van der Waals surface area contributed by atoms with E-state index in [-0.39, 0.29) is 24.1 Å². The first-order valence-electron chi connectivity index (χ1n) is 4.97. The number of hydrogen-bond donors (Lipinski definition) is 3. The van der Waals surface area contributed by atoms with Crippen molar-refractivity contribution in [2.75, 3.05) is 6.54 Å². The number of Topliss-reactive ketones (excluding diaryl/α,β-unsaturated/α-hetero) is 1. The third kappa shape index (κ3) is 2.07. The second-order valence-electron chi connectivity index (χ2n) is 3.68. The molecule has 1 amide bonds. The summed E-state index contributed by atoms with van der Waals surface area (Å²) in [5.41, 5.74) is 5.43. The van der Waals surface area contributed by atoms with Crippen LogP contribution in [0.3, 0.4) is 0 Å². The van der Waals surface area contributed by atoms with Crippen LogP contribution in [0.25, 0.3) is 0 Å². The Labute approximate surface area is 96.3 Å². The minimum absolute atomic E-state index is 0.000370. The van der Waals surface area contributed by atoms with Gasteiger partial charge in [0.25, 0.3) is 5.91 Å². The number of carbonyl (C=O) groups excluding carboxylic acids is 2. The molecule has 0 aromatic heterocycles. The number of aliphatic imine (C=N–C) groups is 3. The maximum atomic E-state index is 11.5. The predicted molar refractivity (Wildman–Crippen MR) is 60.0 cm³/mol. The zero-order chi connectivity index (χ0) is 12.6. The van der Waals surface area contributed by atoms with E-state index in [4.69, 9.17) is 10.8 Å². The quantitative estimate of drug-likeness (QED) is 0.494. The summed E-state index contributed by atoms with van der Waals surface area (Å²) >= 11 is 0. The number of fused-ring (bicyclic) bond motifs is 1. The molecule has 4 N–H and O–H groups in total. The van der Waals surface area contributed by atoms with Gasteiger partial charge in [0.1, 0.15) is 11.8 Å². The van der Waals surface area contributed by atoms with Crippen LogP contribution in [0.15, 0.2) is 15.0 Å². The molecular formula is C9H11N5O3. The predicted octanol–water partition coefficient (Wildman–Crippen LogP) is -2.40. The van der Waals surface area contributed by atoms with Gasteiger partial charge in [-0.05, 0) is 6.92 Å². The van der Waals surface area contributed by atoms with E-state index in [1.54, 1.807) is 0 Å². The minimum Gasteiger partial charge on any atom is -0.385 e. The van der Waals surface area contributed by atoms with Crippen molar-refractivity contribution in [3.8, 4) is 0 Å². The summed E-state index contributed by atoms with van der Waals surface area (Å²) in [6.45, 7) is 1.33. The number of nitrogens with one attached hydrogen (secondary N) is 1. The summed E-state index contributed by atoms with van der Waals surface area (Å²) in [7, 11) is 0. The average molecular weight is 237 g/mol. The fourth-order valence-electron chi connectivity index (χ4n) is 1.50. The van der Waals surface area contributed by atoms with Crippen molar-refractivity contribution < 1.29 is 14.7 Å². The number of carbonyl (C=O) groups is 2. The third-order valence-corrected chi connectivity index (χ3v) is 2.32. The Hall–Kier alpha value is -2.09. The number of amides is 1. The topological polar surface area (TPSA) is 130 Å². The van der Waals surface area contributed by atoms with Crippen molar-refractivity contribution in [1.29, 1.82) is 0 Å². The van der Waals surface area contributed by atoms with Gasteiger partial charge in [0.2, 0.25) is 11.7 Å². The number of aliphatic hydroxyl groups is 1. The Bertz CT molecular complexity index is 477. The van der Waals surface area contributed by atoms with Gasteiger partial charge < -0.3 is 10.8 Å². The molecule has 0 saturated carbocycles. The second-order valence-corrected chi connectivity index (χ2v) is 3.68. The number of aliphatic hydroxyl groups excluding tert-OH is 1. The van der Waals surface area contributed by atoms with Crippen LogP contribution in [-0.2, 0) is 9.59 Å². The molecule has 2 unspecified atom stereocenters. The zero-order valence-corrected chi connectivity index (χ0v) is 9.04. The monoisotopic (exact) mass is 237 g/mol. The molecule has 0 bridgehead atoms. The average Bonchev–Trinajstić information content (AvgIpc) is 2.27. The summed E-state index contributed by atoms with van der Waals surface area (Å²) < 4.78 is 0. The lowest BCUT2D eigenvalue weighted by Crippen LogP contribution is -2.52. The van der Waals surface area contributed by atoms with Crippen molar-refractivity contribution in [3.05, 3.63) is 0 Å². The van der Waals surface area contributed by atoms with E-state index in [1.165, 1.54) is 6.92 Å². The van der Waals surface area contributed by atoms with Crippen LogP contribution in [0.4, 0.5) is 0 Å². The van der Waals surface area contributed by atoms with Crippen LogP contribution in [-0.4, -0.2) is 53.0 Å². The lowest BCUT2D eigenvalue weighted by molar-refractivity contribution is -0.119. The van der Waals surface area contributed by atoms with Crippen molar-refractivity contribution in [2.45, 2.75) is 19.1 Å². The summed E-state index contributed by atoms with van der Waals surface area (Å²) in [5, 5.41) is 11.4. The smallest absolute Gasteiger partial charge is 0.259 e. The second kappa shape index (κ2) is 4.06. The standard InChI is InChI=1S/C9H11N5O3/c1-3(15)6(16)4-2-11-7-5(12-4)8(17)14-9(10)13-7/h3,5,15H,2H2,1H3,(H3,10,11,13,14,17). The normalized spacial score (nSPS) is 24.9. The van der Waals surface area contributed by atoms with Crippen molar-refractivity contribution >= 4 is 29.2 Å². The minimum atomic E-state index is -1.16. The molecule has 8 heteroatoms. The van der Waals surface area contributed by atoms with Crippen LogP contribution in [0.5, 0.6) is 0 Å². The van der Waals surface area contributed by atoms with Crippen molar-refractivity contribution in [3.63, 3.8) is 0 Å². The summed E-state index contributed by atoms with van der Waals surface area (Å²) in [6, 6.07) is -0.950. The molecule has 8 nitrogen and oxygen atoms in total.